The first-order chi connectivity index (χ1) is 5.61. The molecule has 0 aromatic heterocycles. The molecule has 1 N–H and O–H groups in total. The van der Waals surface area contributed by atoms with Crippen molar-refractivity contribution in [3.8, 4) is 0 Å². The first kappa shape index (κ1) is 11.0. The third-order valence-corrected chi connectivity index (χ3v) is 2.00. The number of aliphatic hydroxyl groups excluding tert-OH is 1. The smallest absolute Gasteiger partial charge is 0.111 e. The highest BCUT2D eigenvalue weighted by molar-refractivity contribution is 5.26. The van der Waals surface area contributed by atoms with Gasteiger partial charge in [-0.15, -0.1) is 0 Å². The molecule has 0 amide bonds. The minimum Gasteiger partial charge on any atom is -0.508 e. The van der Waals surface area contributed by atoms with Crippen molar-refractivity contribution >= 4 is 0 Å². The average Bonchev–Trinajstić information content (AvgIpc) is 2.11. The van der Waals surface area contributed by atoms with Gasteiger partial charge < -0.3 is 5.11 Å². The van der Waals surface area contributed by atoms with E-state index in [0.29, 0.717) is 5.76 Å². The molecule has 0 aromatic rings. The zero-order valence-electron chi connectivity index (χ0n) is 8.39. The van der Waals surface area contributed by atoms with Crippen LogP contribution in [0.2, 0.25) is 0 Å². The Kier molecular flexibility index (Phi) is 5.18. The standard InChI is InChI=1S/C11H18O/c1-5-9(3)10(4)7-8-11(12)6-2/h6-8,12H,5H2,1-4H3/b8-7-,10-9-,11-6+. The molecule has 0 saturated heterocycles. The molecule has 68 valence electrons. The molecule has 1 heteroatoms. The Hall–Kier alpha value is -0.980. The van der Waals surface area contributed by atoms with E-state index >= 15 is 0 Å². The molecule has 0 rings (SSSR count). The highest BCUT2D eigenvalue weighted by Gasteiger charge is 1.89. The molecular formula is C11H18O. The van der Waals surface area contributed by atoms with Gasteiger partial charge in [0, 0.05) is 0 Å². The van der Waals surface area contributed by atoms with Gasteiger partial charge in [-0.1, -0.05) is 24.1 Å². The van der Waals surface area contributed by atoms with Gasteiger partial charge in [-0.25, -0.2) is 0 Å². The fourth-order valence-electron chi connectivity index (χ4n) is 0.728. The van der Waals surface area contributed by atoms with Gasteiger partial charge in [0.05, 0.1) is 0 Å². The normalized spacial score (nSPS) is 15.2. The van der Waals surface area contributed by atoms with Crippen LogP contribution in [0.3, 0.4) is 0 Å². The first-order valence-electron chi connectivity index (χ1n) is 4.31. The minimum absolute atomic E-state index is 0.318. The predicted octanol–water partition coefficient (Wildman–Crippen LogP) is 3.75. The summed E-state index contributed by atoms with van der Waals surface area (Å²) in [6, 6.07) is 0. The summed E-state index contributed by atoms with van der Waals surface area (Å²) in [5.41, 5.74) is 2.58. The highest BCUT2D eigenvalue weighted by Crippen LogP contribution is 2.08. The van der Waals surface area contributed by atoms with Crippen molar-refractivity contribution in [1.82, 2.24) is 0 Å². The summed E-state index contributed by atoms with van der Waals surface area (Å²) in [6.45, 7) is 8.10. The van der Waals surface area contributed by atoms with E-state index in [9.17, 15) is 0 Å². The summed E-state index contributed by atoms with van der Waals surface area (Å²) >= 11 is 0. The largest absolute Gasteiger partial charge is 0.508 e. The third-order valence-electron chi connectivity index (χ3n) is 2.00. The molecule has 0 spiro atoms. The molecule has 0 aliphatic heterocycles. The second-order valence-corrected chi connectivity index (χ2v) is 2.86. The van der Waals surface area contributed by atoms with E-state index in [2.05, 4.69) is 20.8 Å². The van der Waals surface area contributed by atoms with Crippen molar-refractivity contribution in [3.63, 3.8) is 0 Å². The van der Waals surface area contributed by atoms with Gasteiger partial charge in [-0.05, 0) is 39.3 Å². The lowest BCUT2D eigenvalue weighted by atomic mass is 10.1. The van der Waals surface area contributed by atoms with Crippen LogP contribution in [0.1, 0.15) is 34.1 Å². The summed E-state index contributed by atoms with van der Waals surface area (Å²) in [6.07, 6.45) is 6.39. The van der Waals surface area contributed by atoms with Crippen molar-refractivity contribution < 1.29 is 5.11 Å². The molecular weight excluding hydrogens is 148 g/mol. The third kappa shape index (κ3) is 4.02. The molecule has 0 fully saturated rings. The molecule has 0 unspecified atom stereocenters. The number of aliphatic hydroxyl groups is 1. The number of hydrogen-bond acceptors (Lipinski definition) is 1. The molecule has 0 saturated carbocycles. The maximum absolute atomic E-state index is 9.11. The molecule has 0 bridgehead atoms. The SMILES string of the molecule is C\C=C(O)/C=C\C(C)=C(\C)CC. The van der Waals surface area contributed by atoms with Gasteiger partial charge >= 0.3 is 0 Å². The molecule has 0 aliphatic rings. The van der Waals surface area contributed by atoms with Gasteiger partial charge in [0.25, 0.3) is 0 Å². The topological polar surface area (TPSA) is 20.2 Å². The lowest BCUT2D eigenvalue weighted by Crippen LogP contribution is -1.79. The Morgan fingerprint density at radius 3 is 2.25 bits per heavy atom. The number of allylic oxidation sites excluding steroid dienone is 5. The van der Waals surface area contributed by atoms with Crippen LogP contribution in [-0.4, -0.2) is 5.11 Å². The number of rotatable bonds is 3. The Labute approximate surface area is 75.1 Å². The maximum Gasteiger partial charge on any atom is 0.111 e. The Bertz CT molecular complexity index is 219. The highest BCUT2D eigenvalue weighted by atomic mass is 16.3. The van der Waals surface area contributed by atoms with Crippen molar-refractivity contribution in [1.29, 1.82) is 0 Å². The minimum atomic E-state index is 0.318. The maximum atomic E-state index is 9.11. The fourth-order valence-corrected chi connectivity index (χ4v) is 0.728. The van der Waals surface area contributed by atoms with E-state index in [1.807, 2.05) is 13.0 Å². The summed E-state index contributed by atoms with van der Waals surface area (Å²) in [7, 11) is 0. The zero-order valence-corrected chi connectivity index (χ0v) is 8.39. The van der Waals surface area contributed by atoms with Crippen molar-refractivity contribution in [2.75, 3.05) is 0 Å². The summed E-state index contributed by atoms with van der Waals surface area (Å²) in [5, 5.41) is 9.11. The van der Waals surface area contributed by atoms with Crippen LogP contribution < -0.4 is 0 Å². The van der Waals surface area contributed by atoms with Crippen LogP contribution in [-0.2, 0) is 0 Å². The van der Waals surface area contributed by atoms with Crippen molar-refractivity contribution in [2.24, 2.45) is 0 Å². The van der Waals surface area contributed by atoms with Crippen LogP contribution in [0.15, 0.2) is 35.1 Å². The molecule has 0 aliphatic carbocycles. The van der Waals surface area contributed by atoms with E-state index < -0.39 is 0 Å². The summed E-state index contributed by atoms with van der Waals surface area (Å²) in [5.74, 6) is 0.318. The summed E-state index contributed by atoms with van der Waals surface area (Å²) in [4.78, 5) is 0. The second kappa shape index (κ2) is 5.64. The van der Waals surface area contributed by atoms with E-state index in [0.717, 1.165) is 6.42 Å². The van der Waals surface area contributed by atoms with E-state index in [-0.39, 0.29) is 0 Å². The van der Waals surface area contributed by atoms with Gasteiger partial charge in [-0.3, -0.25) is 0 Å². The van der Waals surface area contributed by atoms with E-state index in [4.69, 9.17) is 5.11 Å². The second-order valence-electron chi connectivity index (χ2n) is 2.86. The molecule has 1 nitrogen and oxygen atoms in total. The predicted molar refractivity (Wildman–Crippen MR) is 54.2 cm³/mol. The van der Waals surface area contributed by atoms with Crippen molar-refractivity contribution in [3.05, 3.63) is 35.1 Å². The molecule has 0 aromatic carbocycles. The van der Waals surface area contributed by atoms with Gasteiger partial charge in [0.15, 0.2) is 0 Å². The van der Waals surface area contributed by atoms with Crippen LogP contribution in [0.5, 0.6) is 0 Å². The van der Waals surface area contributed by atoms with Gasteiger partial charge in [0.1, 0.15) is 5.76 Å². The molecule has 0 atom stereocenters. The molecule has 12 heavy (non-hydrogen) atoms. The molecule has 0 radical (unpaired) electrons. The first-order valence-corrected chi connectivity index (χ1v) is 4.31. The average molecular weight is 166 g/mol. The fraction of sp³-hybridized carbons (Fsp3) is 0.455. The zero-order chi connectivity index (χ0) is 9.56. The van der Waals surface area contributed by atoms with Crippen LogP contribution in [0.4, 0.5) is 0 Å². The monoisotopic (exact) mass is 166 g/mol. The quantitative estimate of drug-likeness (QED) is 0.500. The number of hydrogen-bond donors (Lipinski definition) is 1. The van der Waals surface area contributed by atoms with Crippen LogP contribution in [0.25, 0.3) is 0 Å². The van der Waals surface area contributed by atoms with Crippen LogP contribution in [0, 0.1) is 0 Å². The van der Waals surface area contributed by atoms with E-state index in [1.54, 1.807) is 12.2 Å². The Morgan fingerprint density at radius 1 is 1.25 bits per heavy atom. The van der Waals surface area contributed by atoms with Crippen LogP contribution >= 0.6 is 0 Å². The van der Waals surface area contributed by atoms with Gasteiger partial charge in [-0.2, -0.15) is 0 Å². The van der Waals surface area contributed by atoms with Gasteiger partial charge in [0.2, 0.25) is 0 Å². The lowest BCUT2D eigenvalue weighted by molar-refractivity contribution is 0.431. The van der Waals surface area contributed by atoms with Crippen molar-refractivity contribution in [2.45, 2.75) is 34.1 Å². The Morgan fingerprint density at radius 2 is 1.83 bits per heavy atom. The Balaban J connectivity index is 4.36. The lowest BCUT2D eigenvalue weighted by Gasteiger charge is -1.98. The summed E-state index contributed by atoms with van der Waals surface area (Å²) < 4.78 is 0. The van der Waals surface area contributed by atoms with E-state index in [1.165, 1.54) is 11.1 Å². The molecule has 0 heterocycles.